The topological polar surface area (TPSA) is 23.4 Å². The third kappa shape index (κ3) is 2.48. The second kappa shape index (κ2) is 5.30. The maximum atomic E-state index is 5.73. The standard InChI is InChI=1S/C9H12ClNO.ClH/c1-6-5-11-8(4-10)7(2)9(6)12-3;/h5H,4H2,1-3H3;1H. The maximum absolute atomic E-state index is 5.73. The molecule has 0 unspecified atom stereocenters. The lowest BCUT2D eigenvalue weighted by Crippen LogP contribution is -3.00. The van der Waals surface area contributed by atoms with Crippen molar-refractivity contribution in [1.29, 1.82) is 0 Å². The number of alkyl halides is 1. The Hall–Kier alpha value is -0.470. The molecule has 1 N–H and O–H groups in total. The van der Waals surface area contributed by atoms with E-state index in [1.165, 1.54) is 0 Å². The molecule has 0 aliphatic rings. The molecular weight excluding hydrogens is 209 g/mol. The summed E-state index contributed by atoms with van der Waals surface area (Å²) in [5.74, 6) is 1.41. The molecule has 0 spiro atoms. The number of methoxy groups -OCH3 is 1. The summed E-state index contributed by atoms with van der Waals surface area (Å²) >= 11 is 5.73. The van der Waals surface area contributed by atoms with Crippen molar-refractivity contribution in [3.63, 3.8) is 0 Å². The molecule has 1 rings (SSSR count). The summed E-state index contributed by atoms with van der Waals surface area (Å²) in [4.78, 5) is 3.12. The van der Waals surface area contributed by atoms with Gasteiger partial charge in [0, 0.05) is 0 Å². The number of aromatic amines is 1. The van der Waals surface area contributed by atoms with Gasteiger partial charge in [0.25, 0.3) is 0 Å². The van der Waals surface area contributed by atoms with Crippen molar-refractivity contribution in [2.24, 2.45) is 0 Å². The highest BCUT2D eigenvalue weighted by atomic mass is 35.5. The zero-order chi connectivity index (χ0) is 9.14. The van der Waals surface area contributed by atoms with Crippen molar-refractivity contribution in [2.75, 3.05) is 7.11 Å². The summed E-state index contributed by atoms with van der Waals surface area (Å²) in [7, 11) is 1.67. The summed E-state index contributed by atoms with van der Waals surface area (Å²) in [6, 6.07) is 0. The van der Waals surface area contributed by atoms with Crippen molar-refractivity contribution in [3.8, 4) is 5.75 Å². The zero-order valence-corrected chi connectivity index (χ0v) is 9.46. The van der Waals surface area contributed by atoms with Crippen LogP contribution >= 0.6 is 11.6 Å². The molecule has 1 heterocycles. The highest BCUT2D eigenvalue weighted by molar-refractivity contribution is 6.16. The largest absolute Gasteiger partial charge is 1.00 e. The summed E-state index contributed by atoms with van der Waals surface area (Å²) < 4.78 is 5.24. The van der Waals surface area contributed by atoms with Crippen LogP contribution in [-0.2, 0) is 5.88 Å². The number of rotatable bonds is 2. The molecule has 0 aromatic carbocycles. The fourth-order valence-electron chi connectivity index (χ4n) is 1.25. The van der Waals surface area contributed by atoms with E-state index in [0.29, 0.717) is 5.88 Å². The van der Waals surface area contributed by atoms with E-state index in [0.717, 1.165) is 22.6 Å². The smallest absolute Gasteiger partial charge is 0.201 e. The lowest BCUT2D eigenvalue weighted by Gasteiger charge is -2.05. The van der Waals surface area contributed by atoms with Gasteiger partial charge in [0.15, 0.2) is 6.20 Å². The first-order valence-electron chi connectivity index (χ1n) is 3.81. The molecule has 0 radical (unpaired) electrons. The van der Waals surface area contributed by atoms with Gasteiger partial charge in [-0.1, -0.05) is 0 Å². The predicted molar refractivity (Wildman–Crippen MR) is 48.6 cm³/mol. The van der Waals surface area contributed by atoms with Gasteiger partial charge in [-0.15, -0.1) is 11.6 Å². The molecular formula is C9H13Cl2NO. The van der Waals surface area contributed by atoms with Gasteiger partial charge in [0.1, 0.15) is 11.6 Å². The fourth-order valence-corrected chi connectivity index (χ4v) is 1.53. The second-order valence-electron chi connectivity index (χ2n) is 2.74. The van der Waals surface area contributed by atoms with E-state index in [9.17, 15) is 0 Å². The molecule has 0 aliphatic carbocycles. The van der Waals surface area contributed by atoms with Crippen LogP contribution in [0.1, 0.15) is 16.8 Å². The molecule has 74 valence electrons. The molecule has 2 nitrogen and oxygen atoms in total. The Morgan fingerprint density at radius 3 is 2.54 bits per heavy atom. The number of ether oxygens (including phenoxy) is 1. The van der Waals surface area contributed by atoms with E-state index in [1.54, 1.807) is 7.11 Å². The van der Waals surface area contributed by atoms with Gasteiger partial charge >= 0.3 is 0 Å². The van der Waals surface area contributed by atoms with Crippen LogP contribution in [0.25, 0.3) is 0 Å². The number of H-pyrrole nitrogens is 1. The van der Waals surface area contributed by atoms with E-state index >= 15 is 0 Å². The third-order valence-electron chi connectivity index (χ3n) is 1.95. The first-order valence-corrected chi connectivity index (χ1v) is 4.35. The Balaban J connectivity index is 0.00000144. The minimum Gasteiger partial charge on any atom is -1.00 e. The van der Waals surface area contributed by atoms with Gasteiger partial charge in [-0.2, -0.15) is 0 Å². The predicted octanol–water partition coefficient (Wildman–Crippen LogP) is -1.13. The van der Waals surface area contributed by atoms with Crippen LogP contribution in [0.2, 0.25) is 0 Å². The van der Waals surface area contributed by atoms with Gasteiger partial charge < -0.3 is 17.1 Å². The number of aryl methyl sites for hydroxylation is 1. The van der Waals surface area contributed by atoms with Crippen LogP contribution in [0.15, 0.2) is 6.20 Å². The minimum atomic E-state index is 0. The lowest BCUT2D eigenvalue weighted by molar-refractivity contribution is -0.389. The average Bonchev–Trinajstić information content (AvgIpc) is 2.06. The molecule has 0 fully saturated rings. The fraction of sp³-hybridized carbons (Fsp3) is 0.444. The summed E-state index contributed by atoms with van der Waals surface area (Å²) in [5.41, 5.74) is 3.20. The molecule has 0 aliphatic heterocycles. The third-order valence-corrected chi connectivity index (χ3v) is 2.22. The molecule has 0 saturated carbocycles. The molecule has 0 bridgehead atoms. The van der Waals surface area contributed by atoms with E-state index in [-0.39, 0.29) is 12.4 Å². The molecule has 0 amide bonds. The second-order valence-corrected chi connectivity index (χ2v) is 3.01. The van der Waals surface area contributed by atoms with Gasteiger partial charge in [0.2, 0.25) is 5.69 Å². The Morgan fingerprint density at radius 2 is 2.08 bits per heavy atom. The van der Waals surface area contributed by atoms with Gasteiger partial charge in [-0.3, -0.25) is 0 Å². The van der Waals surface area contributed by atoms with E-state index < -0.39 is 0 Å². The van der Waals surface area contributed by atoms with E-state index in [2.05, 4.69) is 4.98 Å². The van der Waals surface area contributed by atoms with Crippen molar-refractivity contribution >= 4 is 11.6 Å². The van der Waals surface area contributed by atoms with Crippen molar-refractivity contribution in [2.45, 2.75) is 19.7 Å². The normalized spacial score (nSPS) is 9.23. The molecule has 1 aromatic rings. The van der Waals surface area contributed by atoms with E-state index in [4.69, 9.17) is 16.3 Å². The van der Waals surface area contributed by atoms with Gasteiger partial charge in [-0.05, 0) is 13.8 Å². The Labute approximate surface area is 89.7 Å². The van der Waals surface area contributed by atoms with Gasteiger partial charge in [0.05, 0.1) is 18.2 Å². The first-order chi connectivity index (χ1) is 5.70. The molecule has 0 saturated heterocycles. The van der Waals surface area contributed by atoms with Crippen molar-refractivity contribution in [3.05, 3.63) is 23.0 Å². The van der Waals surface area contributed by atoms with Crippen molar-refractivity contribution < 1.29 is 22.1 Å². The molecule has 4 heteroatoms. The first kappa shape index (κ1) is 12.5. The number of pyridine rings is 1. The minimum absolute atomic E-state index is 0. The van der Waals surface area contributed by atoms with Crippen LogP contribution in [0.5, 0.6) is 5.75 Å². The molecule has 13 heavy (non-hydrogen) atoms. The monoisotopic (exact) mass is 221 g/mol. The van der Waals surface area contributed by atoms with Crippen LogP contribution in [0.4, 0.5) is 0 Å². The molecule has 0 atom stereocenters. The van der Waals surface area contributed by atoms with Crippen molar-refractivity contribution in [1.82, 2.24) is 0 Å². The molecule has 1 aromatic heterocycles. The average molecular weight is 222 g/mol. The maximum Gasteiger partial charge on any atom is 0.201 e. The number of halogens is 2. The van der Waals surface area contributed by atoms with Crippen LogP contribution in [-0.4, -0.2) is 7.11 Å². The Bertz CT molecular complexity index is 289. The summed E-state index contributed by atoms with van der Waals surface area (Å²) in [6.45, 7) is 4.00. The SMILES string of the molecule is COc1c(C)c[nH+]c(CCl)c1C.[Cl-]. The number of hydrogen-bond acceptors (Lipinski definition) is 1. The zero-order valence-electron chi connectivity index (χ0n) is 7.95. The van der Waals surface area contributed by atoms with Gasteiger partial charge in [-0.25, -0.2) is 4.98 Å². The quantitative estimate of drug-likeness (QED) is 0.581. The summed E-state index contributed by atoms with van der Waals surface area (Å²) in [5, 5.41) is 0. The highest BCUT2D eigenvalue weighted by Crippen LogP contribution is 2.22. The van der Waals surface area contributed by atoms with Crippen LogP contribution in [0, 0.1) is 13.8 Å². The Morgan fingerprint density at radius 1 is 1.46 bits per heavy atom. The lowest BCUT2D eigenvalue weighted by atomic mass is 10.1. The highest BCUT2D eigenvalue weighted by Gasteiger charge is 2.12. The number of aromatic nitrogens is 1. The van der Waals surface area contributed by atoms with Crippen LogP contribution < -0.4 is 22.1 Å². The van der Waals surface area contributed by atoms with E-state index in [1.807, 2.05) is 20.0 Å². The Kier molecular flexibility index (Phi) is 5.11. The number of hydrogen-bond donors (Lipinski definition) is 0. The number of nitrogens with one attached hydrogen (secondary N) is 1. The van der Waals surface area contributed by atoms with Crippen LogP contribution in [0.3, 0.4) is 0 Å². The summed E-state index contributed by atoms with van der Waals surface area (Å²) in [6.07, 6.45) is 1.91.